The molecule has 0 heterocycles. The summed E-state index contributed by atoms with van der Waals surface area (Å²) in [5.74, 6) is 0.135. The third-order valence-electron chi connectivity index (χ3n) is 1.74. The first kappa shape index (κ1) is 13.2. The molecular formula is C10H11IOZn+2. The Balaban J connectivity index is 0.00000144. The Kier molecular flexibility index (Phi) is 6.79. The van der Waals surface area contributed by atoms with Crippen molar-refractivity contribution in [3.05, 3.63) is 35.4 Å². The van der Waals surface area contributed by atoms with Gasteiger partial charge in [0, 0.05) is 9.99 Å². The van der Waals surface area contributed by atoms with E-state index in [-0.39, 0.29) is 25.3 Å². The van der Waals surface area contributed by atoms with E-state index in [1.807, 2.05) is 24.3 Å². The van der Waals surface area contributed by atoms with Crippen LogP contribution in [-0.4, -0.2) is 10.2 Å². The van der Waals surface area contributed by atoms with Gasteiger partial charge in [0.1, 0.15) is 0 Å². The van der Waals surface area contributed by atoms with Gasteiger partial charge >= 0.3 is 19.5 Å². The summed E-state index contributed by atoms with van der Waals surface area (Å²) in [5, 5.41) is 0. The molecule has 0 saturated carbocycles. The number of Topliss-reactive ketones (excluding diaryl/α,β-unsaturated/α-hetero) is 1. The zero-order valence-electron chi connectivity index (χ0n) is 7.72. The smallest absolute Gasteiger partial charge is 0.295 e. The normalized spacial score (nSPS) is 9.08. The molecule has 0 unspecified atom stereocenters. The fourth-order valence-corrected chi connectivity index (χ4v) is 1.64. The van der Waals surface area contributed by atoms with E-state index in [9.17, 15) is 4.79 Å². The molecule has 0 saturated heterocycles. The molecule has 0 fully saturated rings. The predicted molar refractivity (Wildman–Crippen MR) is 59.0 cm³/mol. The number of hydrogen-bond acceptors (Lipinski definition) is 1. The van der Waals surface area contributed by atoms with Crippen molar-refractivity contribution in [2.24, 2.45) is 0 Å². The fraction of sp³-hybridized carbons (Fsp3) is 0.300. The maximum absolute atomic E-state index is 10.9. The van der Waals surface area contributed by atoms with Crippen molar-refractivity contribution >= 4 is 28.4 Å². The van der Waals surface area contributed by atoms with Crippen molar-refractivity contribution in [2.45, 2.75) is 13.3 Å². The van der Waals surface area contributed by atoms with Gasteiger partial charge in [-0.25, -0.2) is 0 Å². The van der Waals surface area contributed by atoms with E-state index in [4.69, 9.17) is 0 Å². The van der Waals surface area contributed by atoms with Crippen LogP contribution in [0.1, 0.15) is 22.8 Å². The Morgan fingerprint density at radius 3 is 2.23 bits per heavy atom. The molecule has 0 radical (unpaired) electrons. The fourth-order valence-electron chi connectivity index (χ4n) is 1.02. The molecule has 0 spiro atoms. The van der Waals surface area contributed by atoms with Crippen LogP contribution in [0.3, 0.4) is 0 Å². The van der Waals surface area contributed by atoms with Gasteiger partial charge in [-0.3, -0.25) is 4.79 Å². The maximum atomic E-state index is 10.9. The van der Waals surface area contributed by atoms with E-state index in [0.717, 1.165) is 16.4 Å². The van der Waals surface area contributed by atoms with Gasteiger partial charge in [-0.1, -0.05) is 46.9 Å². The van der Waals surface area contributed by atoms with E-state index >= 15 is 0 Å². The SMILES string of the molecule is CC(=O)c1ccc(CCI)cc1.[Zn+2]. The van der Waals surface area contributed by atoms with Gasteiger partial charge in [0.2, 0.25) is 0 Å². The Morgan fingerprint density at radius 1 is 1.31 bits per heavy atom. The third-order valence-corrected chi connectivity index (χ3v) is 2.28. The van der Waals surface area contributed by atoms with Gasteiger partial charge in [-0.2, -0.15) is 0 Å². The Morgan fingerprint density at radius 2 is 1.85 bits per heavy atom. The standard InChI is InChI=1S/C10H11IO.Zn/c1-8(12)10-4-2-9(3-5-10)6-7-11;/h2-5H,6-7H2,1H3;/q;+2. The summed E-state index contributed by atoms with van der Waals surface area (Å²) in [6.45, 7) is 1.59. The topological polar surface area (TPSA) is 17.1 Å². The third kappa shape index (κ3) is 4.32. The molecule has 0 atom stereocenters. The Bertz CT molecular complexity index is 269. The van der Waals surface area contributed by atoms with Crippen molar-refractivity contribution in [3.8, 4) is 0 Å². The molecule has 1 rings (SSSR count). The minimum atomic E-state index is 0. The number of rotatable bonds is 3. The van der Waals surface area contributed by atoms with E-state index in [2.05, 4.69) is 22.6 Å². The molecule has 3 heteroatoms. The molecule has 0 aliphatic rings. The zero-order valence-corrected chi connectivity index (χ0v) is 12.8. The van der Waals surface area contributed by atoms with E-state index in [1.165, 1.54) is 5.56 Å². The molecule has 1 aromatic rings. The van der Waals surface area contributed by atoms with E-state index < -0.39 is 0 Å². The second-order valence-electron chi connectivity index (χ2n) is 2.69. The molecular weight excluding hydrogens is 328 g/mol. The van der Waals surface area contributed by atoms with Gasteiger partial charge in [0.15, 0.2) is 5.78 Å². The van der Waals surface area contributed by atoms with Crippen molar-refractivity contribution in [2.75, 3.05) is 4.43 Å². The molecule has 1 aromatic carbocycles. The average Bonchev–Trinajstić information content (AvgIpc) is 2.06. The molecule has 0 aliphatic carbocycles. The summed E-state index contributed by atoms with van der Waals surface area (Å²) in [5.41, 5.74) is 2.10. The Hall–Kier alpha value is 0.243. The maximum Gasteiger partial charge on any atom is 2.00 e. The molecule has 64 valence electrons. The summed E-state index contributed by atoms with van der Waals surface area (Å²) in [6.07, 6.45) is 1.08. The molecule has 0 N–H and O–H groups in total. The van der Waals surface area contributed by atoms with Gasteiger partial charge in [-0.05, 0) is 18.9 Å². The first-order valence-corrected chi connectivity index (χ1v) is 5.42. The van der Waals surface area contributed by atoms with Crippen LogP contribution in [0.25, 0.3) is 0 Å². The molecule has 1 nitrogen and oxygen atoms in total. The first-order chi connectivity index (χ1) is 5.74. The first-order valence-electron chi connectivity index (χ1n) is 3.90. The summed E-state index contributed by atoms with van der Waals surface area (Å²) in [6, 6.07) is 7.83. The van der Waals surface area contributed by atoms with Gasteiger partial charge in [0.25, 0.3) is 0 Å². The quantitative estimate of drug-likeness (QED) is 0.358. The molecule has 0 aliphatic heterocycles. The van der Waals surface area contributed by atoms with Crippen LogP contribution in [0.15, 0.2) is 24.3 Å². The number of carbonyl (C=O) groups is 1. The minimum Gasteiger partial charge on any atom is -0.295 e. The summed E-state index contributed by atoms with van der Waals surface area (Å²) in [7, 11) is 0. The van der Waals surface area contributed by atoms with Gasteiger partial charge in [-0.15, -0.1) is 0 Å². The van der Waals surface area contributed by atoms with Crippen molar-refractivity contribution in [3.63, 3.8) is 0 Å². The number of ketones is 1. The minimum absolute atomic E-state index is 0. The van der Waals surface area contributed by atoms with Crippen LogP contribution in [0.4, 0.5) is 0 Å². The van der Waals surface area contributed by atoms with Crippen LogP contribution in [0, 0.1) is 0 Å². The molecule has 0 amide bonds. The van der Waals surface area contributed by atoms with Gasteiger partial charge in [0.05, 0.1) is 0 Å². The monoisotopic (exact) mass is 338 g/mol. The molecule has 0 aromatic heterocycles. The number of aryl methyl sites for hydroxylation is 1. The average molecular weight is 339 g/mol. The second kappa shape index (κ2) is 6.66. The van der Waals surface area contributed by atoms with Gasteiger partial charge < -0.3 is 0 Å². The predicted octanol–water partition coefficient (Wildman–Crippen LogP) is 2.86. The number of alkyl halides is 1. The zero-order chi connectivity index (χ0) is 8.97. The number of halogens is 1. The van der Waals surface area contributed by atoms with Crippen LogP contribution in [-0.2, 0) is 25.9 Å². The number of hydrogen-bond donors (Lipinski definition) is 0. The molecule has 0 bridgehead atoms. The van der Waals surface area contributed by atoms with Crippen molar-refractivity contribution in [1.29, 1.82) is 0 Å². The summed E-state index contributed by atoms with van der Waals surface area (Å²) >= 11 is 2.35. The largest absolute Gasteiger partial charge is 2.00 e. The van der Waals surface area contributed by atoms with Crippen molar-refractivity contribution in [1.82, 2.24) is 0 Å². The molecule has 13 heavy (non-hydrogen) atoms. The number of benzene rings is 1. The van der Waals surface area contributed by atoms with Crippen LogP contribution in [0.2, 0.25) is 0 Å². The van der Waals surface area contributed by atoms with Crippen molar-refractivity contribution < 1.29 is 24.3 Å². The summed E-state index contributed by atoms with van der Waals surface area (Å²) < 4.78 is 1.12. The van der Waals surface area contributed by atoms with Crippen LogP contribution >= 0.6 is 22.6 Å². The van der Waals surface area contributed by atoms with Crippen LogP contribution in [0.5, 0.6) is 0 Å². The van der Waals surface area contributed by atoms with E-state index in [1.54, 1.807) is 6.92 Å². The van der Waals surface area contributed by atoms with E-state index in [0.29, 0.717) is 0 Å². The Labute approximate surface area is 105 Å². The second-order valence-corrected chi connectivity index (χ2v) is 3.77. The summed E-state index contributed by atoms with van der Waals surface area (Å²) in [4.78, 5) is 10.9. The van der Waals surface area contributed by atoms with Crippen LogP contribution < -0.4 is 0 Å². The number of carbonyl (C=O) groups excluding carboxylic acids is 1.